The van der Waals surface area contributed by atoms with Crippen molar-refractivity contribution in [1.82, 2.24) is 0 Å². The maximum absolute atomic E-state index is 12.6. The zero-order valence-electron chi connectivity index (χ0n) is 16.7. The molecule has 3 aromatic rings. The highest BCUT2D eigenvalue weighted by Gasteiger charge is 2.15. The normalized spacial score (nSPS) is 12.5. The molecule has 0 aliphatic carbocycles. The van der Waals surface area contributed by atoms with E-state index < -0.39 is 0 Å². The summed E-state index contributed by atoms with van der Waals surface area (Å²) in [5, 5.41) is 4.87. The molecule has 4 rings (SSSR count). The van der Waals surface area contributed by atoms with Crippen molar-refractivity contribution in [3.63, 3.8) is 0 Å². The first-order valence-corrected chi connectivity index (χ1v) is 10.4. The molecule has 5 nitrogen and oxygen atoms in total. The molecular formula is C23H23NO4S. The number of amides is 1. The molecule has 2 aromatic carbocycles. The summed E-state index contributed by atoms with van der Waals surface area (Å²) in [6, 6.07) is 11.5. The smallest absolute Gasteiger partial charge is 0.265 e. The Hall–Kier alpha value is -2.99. The van der Waals surface area contributed by atoms with E-state index in [9.17, 15) is 4.79 Å². The van der Waals surface area contributed by atoms with Gasteiger partial charge in [-0.1, -0.05) is 6.07 Å². The van der Waals surface area contributed by atoms with Gasteiger partial charge >= 0.3 is 0 Å². The Labute approximate surface area is 174 Å². The van der Waals surface area contributed by atoms with Gasteiger partial charge in [0.15, 0.2) is 11.5 Å². The van der Waals surface area contributed by atoms with Gasteiger partial charge in [-0.05, 0) is 67.1 Å². The van der Waals surface area contributed by atoms with Crippen molar-refractivity contribution in [2.75, 3.05) is 18.5 Å². The molecule has 0 unspecified atom stereocenters. The monoisotopic (exact) mass is 409 g/mol. The van der Waals surface area contributed by atoms with E-state index in [-0.39, 0.29) is 5.91 Å². The molecule has 1 aliphatic heterocycles. The molecule has 0 saturated heterocycles. The summed E-state index contributed by atoms with van der Waals surface area (Å²) < 4.78 is 17.1. The minimum absolute atomic E-state index is 0.152. The van der Waals surface area contributed by atoms with Crippen LogP contribution in [0.5, 0.6) is 17.2 Å². The molecule has 0 radical (unpaired) electrons. The predicted molar refractivity (Wildman–Crippen MR) is 115 cm³/mol. The summed E-state index contributed by atoms with van der Waals surface area (Å²) in [4.78, 5) is 13.2. The lowest BCUT2D eigenvalue weighted by atomic mass is 10.1. The largest absolute Gasteiger partial charge is 0.489 e. The Bertz CT molecular complexity index is 1060. The average molecular weight is 410 g/mol. The molecule has 1 aromatic heterocycles. The summed E-state index contributed by atoms with van der Waals surface area (Å²) in [6.45, 7) is 7.69. The van der Waals surface area contributed by atoms with Crippen molar-refractivity contribution in [2.45, 2.75) is 27.4 Å². The van der Waals surface area contributed by atoms with Crippen molar-refractivity contribution < 1.29 is 19.0 Å². The topological polar surface area (TPSA) is 56.8 Å². The number of ether oxygens (including phenoxy) is 3. The number of benzene rings is 2. The van der Waals surface area contributed by atoms with Gasteiger partial charge in [-0.15, -0.1) is 11.3 Å². The number of rotatable bonds is 5. The molecule has 29 heavy (non-hydrogen) atoms. The zero-order valence-corrected chi connectivity index (χ0v) is 17.5. The Morgan fingerprint density at radius 2 is 1.86 bits per heavy atom. The molecule has 1 N–H and O–H groups in total. The fourth-order valence-electron chi connectivity index (χ4n) is 3.20. The van der Waals surface area contributed by atoms with Gasteiger partial charge in [-0.25, -0.2) is 0 Å². The molecule has 0 saturated carbocycles. The number of hydrogen-bond acceptors (Lipinski definition) is 5. The number of aryl methyl sites for hydroxylation is 2. The highest BCUT2D eigenvalue weighted by Crippen LogP contribution is 2.33. The molecule has 0 bridgehead atoms. The van der Waals surface area contributed by atoms with Gasteiger partial charge < -0.3 is 19.5 Å². The summed E-state index contributed by atoms with van der Waals surface area (Å²) in [5.74, 6) is 2.08. The van der Waals surface area contributed by atoms with E-state index in [1.165, 1.54) is 22.5 Å². The van der Waals surface area contributed by atoms with Gasteiger partial charge in [0.25, 0.3) is 5.91 Å². The molecule has 6 heteroatoms. The van der Waals surface area contributed by atoms with Crippen LogP contribution in [0.2, 0.25) is 0 Å². The van der Waals surface area contributed by atoms with Crippen LogP contribution in [0, 0.1) is 20.8 Å². The van der Waals surface area contributed by atoms with Crippen LogP contribution < -0.4 is 19.5 Å². The maximum atomic E-state index is 12.6. The highest BCUT2D eigenvalue weighted by molar-refractivity contribution is 7.12. The third-order valence-electron chi connectivity index (χ3n) is 4.84. The fourth-order valence-corrected chi connectivity index (χ4v) is 3.99. The van der Waals surface area contributed by atoms with E-state index in [1.807, 2.05) is 29.6 Å². The quantitative estimate of drug-likeness (QED) is 0.623. The number of anilines is 1. The van der Waals surface area contributed by atoms with Crippen LogP contribution in [0.4, 0.5) is 5.69 Å². The molecule has 1 amide bonds. The number of fused-ring (bicyclic) bond motifs is 1. The van der Waals surface area contributed by atoms with Crippen LogP contribution in [0.1, 0.15) is 31.9 Å². The van der Waals surface area contributed by atoms with Crippen molar-refractivity contribution in [3.05, 3.63) is 68.9 Å². The van der Waals surface area contributed by atoms with Gasteiger partial charge in [-0.2, -0.15) is 0 Å². The van der Waals surface area contributed by atoms with Crippen molar-refractivity contribution in [2.24, 2.45) is 0 Å². The third kappa shape index (κ3) is 4.38. The lowest BCUT2D eigenvalue weighted by Gasteiger charge is -2.18. The van der Waals surface area contributed by atoms with Gasteiger partial charge in [0.05, 0.1) is 4.88 Å². The van der Waals surface area contributed by atoms with Crippen molar-refractivity contribution >= 4 is 22.9 Å². The second kappa shape index (κ2) is 8.17. The first-order valence-electron chi connectivity index (χ1n) is 9.48. The van der Waals surface area contributed by atoms with Crippen molar-refractivity contribution in [1.29, 1.82) is 0 Å². The van der Waals surface area contributed by atoms with Crippen LogP contribution in [0.15, 0.2) is 41.8 Å². The fraction of sp³-hybridized carbons (Fsp3) is 0.261. The van der Waals surface area contributed by atoms with Gasteiger partial charge in [0.2, 0.25) is 0 Å². The molecule has 0 fully saturated rings. The van der Waals surface area contributed by atoms with Crippen LogP contribution in [0.25, 0.3) is 0 Å². The lowest BCUT2D eigenvalue weighted by Crippen LogP contribution is -2.16. The third-order valence-corrected chi connectivity index (χ3v) is 5.81. The molecule has 0 spiro atoms. The minimum atomic E-state index is -0.152. The van der Waals surface area contributed by atoms with Crippen LogP contribution in [0.3, 0.4) is 0 Å². The second-order valence-corrected chi connectivity index (χ2v) is 8.04. The van der Waals surface area contributed by atoms with E-state index in [1.54, 1.807) is 6.07 Å². The number of carbonyl (C=O) groups is 1. The van der Waals surface area contributed by atoms with Crippen LogP contribution >= 0.6 is 11.3 Å². The maximum Gasteiger partial charge on any atom is 0.265 e. The Balaban J connectivity index is 1.40. The Kier molecular flexibility index (Phi) is 5.45. The summed E-state index contributed by atoms with van der Waals surface area (Å²) >= 11 is 1.40. The molecule has 150 valence electrons. The number of thiophene rings is 1. The highest BCUT2D eigenvalue weighted by atomic mass is 32.1. The Morgan fingerprint density at radius 3 is 2.69 bits per heavy atom. The first-order chi connectivity index (χ1) is 14.0. The Morgan fingerprint density at radius 1 is 1.07 bits per heavy atom. The number of carbonyl (C=O) groups excluding carboxylic acids is 1. The molecule has 0 atom stereocenters. The summed E-state index contributed by atoms with van der Waals surface area (Å²) in [7, 11) is 0. The summed E-state index contributed by atoms with van der Waals surface area (Å²) in [6.07, 6.45) is 0. The van der Waals surface area contributed by atoms with E-state index >= 15 is 0 Å². The predicted octanol–water partition coefficient (Wildman–Crippen LogP) is 5.28. The van der Waals surface area contributed by atoms with Crippen LogP contribution in [-0.4, -0.2) is 19.1 Å². The standard InChI is InChI=1S/C23H23NO4S/c1-14-8-15(2)16(3)20(9-14)28-12-17-10-22(29-13-17)23(25)24-18-4-5-19-21(11-18)27-7-6-26-19/h4-5,8-11,13H,6-7,12H2,1-3H3,(H,24,25). The minimum Gasteiger partial charge on any atom is -0.489 e. The second-order valence-electron chi connectivity index (χ2n) is 7.13. The van der Waals surface area contributed by atoms with E-state index in [0.717, 1.165) is 16.9 Å². The van der Waals surface area contributed by atoms with Crippen molar-refractivity contribution in [3.8, 4) is 17.2 Å². The number of hydrogen-bond donors (Lipinski definition) is 1. The molecule has 2 heterocycles. The SMILES string of the molecule is Cc1cc(C)c(C)c(OCc2csc(C(=O)Nc3ccc4c(c3)OCCO4)c2)c1. The van der Waals surface area contributed by atoms with Gasteiger partial charge in [0, 0.05) is 17.3 Å². The molecule has 1 aliphatic rings. The van der Waals surface area contributed by atoms with E-state index in [2.05, 4.69) is 32.2 Å². The zero-order chi connectivity index (χ0) is 20.4. The lowest BCUT2D eigenvalue weighted by molar-refractivity contribution is 0.103. The van der Waals surface area contributed by atoms with Crippen LogP contribution in [-0.2, 0) is 6.61 Å². The first kappa shape index (κ1) is 19.3. The van der Waals surface area contributed by atoms with Gasteiger partial charge in [-0.3, -0.25) is 4.79 Å². The molecular weight excluding hydrogens is 386 g/mol. The summed E-state index contributed by atoms with van der Waals surface area (Å²) in [5.41, 5.74) is 5.18. The van der Waals surface area contributed by atoms with E-state index in [4.69, 9.17) is 14.2 Å². The average Bonchev–Trinajstić information content (AvgIpc) is 3.19. The van der Waals surface area contributed by atoms with Gasteiger partial charge in [0.1, 0.15) is 25.6 Å². The van der Waals surface area contributed by atoms with E-state index in [0.29, 0.717) is 41.9 Å². The number of nitrogens with one attached hydrogen (secondary N) is 1.